The molecule has 27 heavy (non-hydrogen) atoms. The SMILES string of the molecule is CCc1ccc(N=C2N=C(Nc3ccc(CC)cc3)c3ccccc32)cc1. The summed E-state index contributed by atoms with van der Waals surface area (Å²) < 4.78 is 0. The summed E-state index contributed by atoms with van der Waals surface area (Å²) in [6, 6.07) is 25.1. The van der Waals surface area contributed by atoms with Gasteiger partial charge in [0.25, 0.3) is 0 Å². The number of rotatable bonds is 4. The molecule has 1 aliphatic heterocycles. The van der Waals surface area contributed by atoms with Gasteiger partial charge in [-0.05, 0) is 48.2 Å². The Morgan fingerprint density at radius 2 is 1.33 bits per heavy atom. The van der Waals surface area contributed by atoms with Crippen LogP contribution >= 0.6 is 0 Å². The predicted molar refractivity (Wildman–Crippen MR) is 114 cm³/mol. The summed E-state index contributed by atoms with van der Waals surface area (Å²) in [6.07, 6.45) is 2.07. The second-order valence-corrected chi connectivity index (χ2v) is 6.64. The number of anilines is 1. The molecule has 0 aromatic heterocycles. The van der Waals surface area contributed by atoms with Gasteiger partial charge < -0.3 is 5.32 Å². The van der Waals surface area contributed by atoms with Crippen LogP contribution in [0.4, 0.5) is 11.4 Å². The summed E-state index contributed by atoms with van der Waals surface area (Å²) in [7, 11) is 0. The highest BCUT2D eigenvalue weighted by atomic mass is 15.1. The Hall–Kier alpha value is -3.20. The smallest absolute Gasteiger partial charge is 0.162 e. The summed E-state index contributed by atoms with van der Waals surface area (Å²) >= 11 is 0. The molecule has 3 nitrogen and oxygen atoms in total. The van der Waals surface area contributed by atoms with Gasteiger partial charge in [0.05, 0.1) is 5.69 Å². The molecular weight excluding hydrogens is 330 g/mol. The van der Waals surface area contributed by atoms with Crippen molar-refractivity contribution in [2.75, 3.05) is 5.32 Å². The van der Waals surface area contributed by atoms with Crippen LogP contribution in [0.2, 0.25) is 0 Å². The molecule has 0 saturated carbocycles. The standard InChI is InChI=1S/C24H23N3/c1-3-17-9-13-19(14-10-17)25-23-21-7-5-6-8-22(21)24(27-23)26-20-15-11-18(4-2)12-16-20/h5-16H,3-4H2,1-2H3,(H,25,26,27). The molecule has 0 radical (unpaired) electrons. The molecule has 3 aromatic rings. The highest BCUT2D eigenvalue weighted by molar-refractivity contribution is 6.26. The lowest BCUT2D eigenvalue weighted by molar-refractivity contribution is 1.14. The van der Waals surface area contributed by atoms with E-state index in [1.165, 1.54) is 11.1 Å². The fourth-order valence-electron chi connectivity index (χ4n) is 3.18. The number of hydrogen-bond donors (Lipinski definition) is 1. The fourth-order valence-corrected chi connectivity index (χ4v) is 3.18. The van der Waals surface area contributed by atoms with Gasteiger partial charge in [-0.15, -0.1) is 0 Å². The third-order valence-corrected chi connectivity index (χ3v) is 4.85. The van der Waals surface area contributed by atoms with Crippen LogP contribution in [0.15, 0.2) is 82.8 Å². The van der Waals surface area contributed by atoms with Gasteiger partial charge in [0.2, 0.25) is 0 Å². The van der Waals surface area contributed by atoms with Crippen molar-refractivity contribution in [3.05, 3.63) is 95.1 Å². The summed E-state index contributed by atoms with van der Waals surface area (Å²) in [5.74, 6) is 1.60. The van der Waals surface area contributed by atoms with E-state index in [0.29, 0.717) is 0 Å². The molecule has 0 spiro atoms. The molecule has 4 rings (SSSR count). The van der Waals surface area contributed by atoms with Crippen LogP contribution in [0.1, 0.15) is 36.1 Å². The number of benzene rings is 3. The number of hydrogen-bond acceptors (Lipinski definition) is 2. The number of aryl methyl sites for hydroxylation is 2. The Labute approximate surface area is 160 Å². The van der Waals surface area contributed by atoms with Crippen molar-refractivity contribution in [2.45, 2.75) is 26.7 Å². The van der Waals surface area contributed by atoms with Crippen molar-refractivity contribution >= 4 is 23.0 Å². The van der Waals surface area contributed by atoms with E-state index >= 15 is 0 Å². The van der Waals surface area contributed by atoms with Crippen molar-refractivity contribution in [1.82, 2.24) is 0 Å². The largest absolute Gasteiger partial charge is 0.340 e. The topological polar surface area (TPSA) is 36.8 Å². The molecule has 0 saturated heterocycles. The molecule has 0 aliphatic carbocycles. The third kappa shape index (κ3) is 3.68. The quantitative estimate of drug-likeness (QED) is 0.636. The average Bonchev–Trinajstić information content (AvgIpc) is 3.06. The highest BCUT2D eigenvalue weighted by Crippen LogP contribution is 2.24. The molecule has 0 fully saturated rings. The zero-order chi connectivity index (χ0) is 18.6. The number of nitrogens with zero attached hydrogens (tertiary/aromatic N) is 2. The van der Waals surface area contributed by atoms with Gasteiger partial charge in [-0.3, -0.25) is 0 Å². The molecule has 3 aromatic carbocycles. The Morgan fingerprint density at radius 3 is 1.96 bits per heavy atom. The Balaban J connectivity index is 1.66. The zero-order valence-electron chi connectivity index (χ0n) is 15.7. The van der Waals surface area contributed by atoms with E-state index in [1.807, 2.05) is 12.1 Å². The monoisotopic (exact) mass is 353 g/mol. The number of aliphatic imine (C=N–C) groups is 2. The zero-order valence-corrected chi connectivity index (χ0v) is 15.7. The Kier molecular flexibility index (Phi) is 4.84. The van der Waals surface area contributed by atoms with Crippen LogP contribution < -0.4 is 5.32 Å². The van der Waals surface area contributed by atoms with Gasteiger partial charge in [0.15, 0.2) is 5.84 Å². The van der Waals surface area contributed by atoms with Gasteiger partial charge in [0.1, 0.15) is 5.84 Å². The lowest BCUT2D eigenvalue weighted by Crippen LogP contribution is -2.11. The maximum absolute atomic E-state index is 4.79. The van der Waals surface area contributed by atoms with E-state index < -0.39 is 0 Å². The summed E-state index contributed by atoms with van der Waals surface area (Å²) in [5, 5.41) is 3.45. The van der Waals surface area contributed by atoms with Gasteiger partial charge >= 0.3 is 0 Å². The first kappa shape index (κ1) is 17.2. The molecule has 3 heteroatoms. The number of nitrogens with one attached hydrogen (secondary N) is 1. The molecule has 1 heterocycles. The van der Waals surface area contributed by atoms with Crippen LogP contribution in [-0.2, 0) is 12.8 Å². The Morgan fingerprint density at radius 1 is 0.741 bits per heavy atom. The third-order valence-electron chi connectivity index (χ3n) is 4.85. The van der Waals surface area contributed by atoms with Crippen LogP contribution in [0.3, 0.4) is 0 Å². The molecule has 0 amide bonds. The summed E-state index contributed by atoms with van der Waals surface area (Å²) in [6.45, 7) is 4.32. The molecule has 134 valence electrons. The van der Waals surface area contributed by atoms with E-state index in [1.54, 1.807) is 0 Å². The van der Waals surface area contributed by atoms with Crippen LogP contribution in [0.5, 0.6) is 0 Å². The molecule has 0 unspecified atom stereocenters. The minimum absolute atomic E-state index is 0.752. The lowest BCUT2D eigenvalue weighted by atomic mass is 10.1. The maximum Gasteiger partial charge on any atom is 0.162 e. The van der Waals surface area contributed by atoms with E-state index in [2.05, 4.69) is 79.8 Å². The van der Waals surface area contributed by atoms with E-state index in [4.69, 9.17) is 9.98 Å². The van der Waals surface area contributed by atoms with E-state index in [9.17, 15) is 0 Å². The molecule has 1 aliphatic rings. The second-order valence-electron chi connectivity index (χ2n) is 6.64. The van der Waals surface area contributed by atoms with Crippen molar-refractivity contribution in [3.63, 3.8) is 0 Å². The van der Waals surface area contributed by atoms with Crippen LogP contribution in [-0.4, -0.2) is 11.7 Å². The summed E-state index contributed by atoms with van der Waals surface area (Å²) in [4.78, 5) is 9.57. The Bertz CT molecular complexity index is 997. The van der Waals surface area contributed by atoms with E-state index in [-0.39, 0.29) is 0 Å². The van der Waals surface area contributed by atoms with Gasteiger partial charge in [-0.1, -0.05) is 62.4 Å². The molecular formula is C24H23N3. The molecule has 0 bridgehead atoms. The highest BCUT2D eigenvalue weighted by Gasteiger charge is 2.21. The van der Waals surface area contributed by atoms with Gasteiger partial charge in [-0.2, -0.15) is 0 Å². The van der Waals surface area contributed by atoms with Crippen molar-refractivity contribution in [1.29, 1.82) is 0 Å². The first-order valence-electron chi connectivity index (χ1n) is 9.49. The van der Waals surface area contributed by atoms with Crippen LogP contribution in [0, 0.1) is 0 Å². The normalized spacial score (nSPS) is 14.1. The van der Waals surface area contributed by atoms with Crippen molar-refractivity contribution in [3.8, 4) is 0 Å². The van der Waals surface area contributed by atoms with Crippen molar-refractivity contribution < 1.29 is 0 Å². The van der Waals surface area contributed by atoms with Crippen LogP contribution in [0.25, 0.3) is 0 Å². The van der Waals surface area contributed by atoms with E-state index in [0.717, 1.165) is 47.0 Å². The van der Waals surface area contributed by atoms with Crippen molar-refractivity contribution in [2.24, 2.45) is 9.98 Å². The first-order chi connectivity index (χ1) is 13.3. The second kappa shape index (κ2) is 7.58. The summed E-state index contributed by atoms with van der Waals surface area (Å²) in [5.41, 5.74) is 6.74. The van der Waals surface area contributed by atoms with Gasteiger partial charge in [-0.25, -0.2) is 9.98 Å². The lowest BCUT2D eigenvalue weighted by Gasteiger charge is -2.07. The minimum Gasteiger partial charge on any atom is -0.340 e. The number of amidine groups is 2. The minimum atomic E-state index is 0.752. The van der Waals surface area contributed by atoms with Gasteiger partial charge in [0, 0.05) is 16.8 Å². The number of fused-ring (bicyclic) bond motifs is 1. The maximum atomic E-state index is 4.79. The molecule has 1 N–H and O–H groups in total. The predicted octanol–water partition coefficient (Wildman–Crippen LogP) is 5.76. The first-order valence-corrected chi connectivity index (χ1v) is 9.49. The molecule has 0 atom stereocenters. The fraction of sp³-hybridized carbons (Fsp3) is 0.167. The average molecular weight is 353 g/mol.